The van der Waals surface area contributed by atoms with Gasteiger partial charge < -0.3 is 14.5 Å². The van der Waals surface area contributed by atoms with Crippen LogP contribution in [0.3, 0.4) is 0 Å². The average molecular weight is 483 g/mol. The Bertz CT molecular complexity index is 1430. The van der Waals surface area contributed by atoms with E-state index in [1.165, 1.54) is 0 Å². The summed E-state index contributed by atoms with van der Waals surface area (Å²) in [6.45, 7) is 5.25. The Morgan fingerprint density at radius 1 is 1.08 bits per heavy atom. The molecule has 0 unspecified atom stereocenters. The van der Waals surface area contributed by atoms with Crippen molar-refractivity contribution in [2.75, 3.05) is 11.9 Å². The molecule has 1 amide bonds. The average Bonchev–Trinajstić information content (AvgIpc) is 3.45. The molecule has 4 rings (SSSR count). The molecule has 0 aliphatic carbocycles. The molecule has 0 atom stereocenters. The number of hydrogen-bond acceptors (Lipinski definition) is 6. The number of oxazole rings is 1. The maximum atomic E-state index is 12.6. The van der Waals surface area contributed by atoms with Crippen molar-refractivity contribution in [1.29, 1.82) is 5.26 Å². The van der Waals surface area contributed by atoms with Gasteiger partial charge in [-0.15, -0.1) is 0 Å². The Kier molecular flexibility index (Phi) is 7.31. The van der Waals surface area contributed by atoms with E-state index in [0.717, 1.165) is 28.1 Å². The first kappa shape index (κ1) is 24.5. The molecule has 182 valence electrons. The number of para-hydroxylation sites is 1. The molecular weight excluding hydrogens is 456 g/mol. The molecule has 0 aliphatic heterocycles. The van der Waals surface area contributed by atoms with E-state index >= 15 is 0 Å². The predicted octanol–water partition coefficient (Wildman–Crippen LogP) is 5.04. The number of anilines is 1. The van der Waals surface area contributed by atoms with Crippen LogP contribution in [0, 0.1) is 32.1 Å². The third kappa shape index (κ3) is 5.36. The van der Waals surface area contributed by atoms with Crippen LogP contribution >= 0.6 is 0 Å². The summed E-state index contributed by atoms with van der Waals surface area (Å²) in [6.07, 6.45) is 1.89. The van der Waals surface area contributed by atoms with Gasteiger partial charge in [0.05, 0.1) is 18.2 Å². The molecule has 2 aromatic carbocycles. The van der Waals surface area contributed by atoms with Gasteiger partial charge in [-0.05, 0) is 38.5 Å². The number of amides is 1. The van der Waals surface area contributed by atoms with E-state index in [-0.39, 0.29) is 12.8 Å². The molecule has 8 nitrogen and oxygen atoms in total. The highest BCUT2D eigenvalue weighted by Gasteiger charge is 2.21. The Hall–Kier alpha value is -4.64. The first-order valence-electron chi connectivity index (χ1n) is 11.5. The first-order valence-corrected chi connectivity index (χ1v) is 11.5. The molecule has 0 aliphatic rings. The Balaban J connectivity index is 1.34. The van der Waals surface area contributed by atoms with Gasteiger partial charge in [-0.25, -0.2) is 4.98 Å². The minimum absolute atomic E-state index is 0.0170. The van der Waals surface area contributed by atoms with Crippen LogP contribution in [0.2, 0.25) is 0 Å². The highest BCUT2D eigenvalue weighted by molar-refractivity contribution is 5.94. The lowest BCUT2D eigenvalue weighted by atomic mass is 10.1. The van der Waals surface area contributed by atoms with Gasteiger partial charge in [0.15, 0.2) is 18.3 Å². The molecular formula is C28H26N4O4. The Morgan fingerprint density at radius 2 is 1.81 bits per heavy atom. The van der Waals surface area contributed by atoms with Crippen LogP contribution in [0.25, 0.3) is 17.0 Å². The number of carbonyl (C=O) groups excluding carboxylic acids is 2. The minimum atomic E-state index is -0.549. The zero-order valence-corrected chi connectivity index (χ0v) is 20.4. The van der Waals surface area contributed by atoms with E-state index in [2.05, 4.69) is 16.4 Å². The summed E-state index contributed by atoms with van der Waals surface area (Å²) in [6, 6.07) is 19.4. The Morgan fingerprint density at radius 3 is 2.50 bits per heavy atom. The van der Waals surface area contributed by atoms with Crippen LogP contribution < -0.4 is 5.32 Å². The highest BCUT2D eigenvalue weighted by Crippen LogP contribution is 2.30. The van der Waals surface area contributed by atoms with E-state index in [1.54, 1.807) is 6.20 Å². The summed E-state index contributed by atoms with van der Waals surface area (Å²) < 4.78 is 12.7. The van der Waals surface area contributed by atoms with Gasteiger partial charge in [-0.2, -0.15) is 5.26 Å². The van der Waals surface area contributed by atoms with Crippen LogP contribution in [0.5, 0.6) is 0 Å². The second kappa shape index (κ2) is 10.7. The molecule has 36 heavy (non-hydrogen) atoms. The second-order valence-electron chi connectivity index (χ2n) is 8.41. The van der Waals surface area contributed by atoms with Crippen molar-refractivity contribution in [3.05, 3.63) is 89.1 Å². The summed E-state index contributed by atoms with van der Waals surface area (Å²) >= 11 is 0. The number of nitrogens with zero attached hydrogens (tertiary/aromatic N) is 3. The topological polar surface area (TPSA) is 110 Å². The number of aromatic nitrogens is 2. The monoisotopic (exact) mass is 482 g/mol. The fraction of sp³-hybridized carbons (Fsp3) is 0.214. The van der Waals surface area contributed by atoms with Crippen LogP contribution in [0.4, 0.5) is 5.82 Å². The summed E-state index contributed by atoms with van der Waals surface area (Å²) in [5.41, 5.74) is 4.83. The van der Waals surface area contributed by atoms with Crippen molar-refractivity contribution < 1.29 is 18.7 Å². The van der Waals surface area contributed by atoms with E-state index < -0.39 is 18.5 Å². The second-order valence-corrected chi connectivity index (χ2v) is 8.41. The summed E-state index contributed by atoms with van der Waals surface area (Å²) in [5.74, 6) is 0.303. The molecule has 0 bridgehead atoms. The number of ether oxygens (including phenoxy) is 1. The Labute approximate surface area is 209 Å². The van der Waals surface area contributed by atoms with Crippen molar-refractivity contribution >= 4 is 17.7 Å². The molecule has 4 aromatic rings. The van der Waals surface area contributed by atoms with Gasteiger partial charge in [0.25, 0.3) is 5.91 Å². The van der Waals surface area contributed by atoms with Gasteiger partial charge in [0.1, 0.15) is 11.9 Å². The normalized spacial score (nSPS) is 10.6. The maximum Gasteiger partial charge on any atom is 0.306 e. The van der Waals surface area contributed by atoms with E-state index in [1.807, 2.05) is 79.9 Å². The molecule has 0 radical (unpaired) electrons. The lowest BCUT2D eigenvalue weighted by Crippen LogP contribution is -2.23. The zero-order valence-electron chi connectivity index (χ0n) is 20.4. The van der Waals surface area contributed by atoms with Crippen LogP contribution in [-0.4, -0.2) is 28.0 Å². The van der Waals surface area contributed by atoms with Crippen molar-refractivity contribution in [3.63, 3.8) is 0 Å². The number of hydrogen-bond donors (Lipinski definition) is 1. The van der Waals surface area contributed by atoms with Crippen LogP contribution in [-0.2, 0) is 20.7 Å². The third-order valence-electron chi connectivity index (χ3n) is 5.89. The van der Waals surface area contributed by atoms with Crippen molar-refractivity contribution in [2.24, 2.45) is 0 Å². The summed E-state index contributed by atoms with van der Waals surface area (Å²) in [5, 5.41) is 12.4. The highest BCUT2D eigenvalue weighted by atomic mass is 16.5. The number of esters is 1. The number of benzene rings is 2. The van der Waals surface area contributed by atoms with Gasteiger partial charge >= 0.3 is 5.97 Å². The lowest BCUT2D eigenvalue weighted by molar-refractivity contribution is -0.147. The number of nitrogens with one attached hydrogen (secondary N) is 1. The van der Waals surface area contributed by atoms with Gasteiger partial charge in [0.2, 0.25) is 0 Å². The molecule has 0 saturated heterocycles. The predicted molar refractivity (Wildman–Crippen MR) is 135 cm³/mol. The lowest BCUT2D eigenvalue weighted by Gasteiger charge is -2.13. The fourth-order valence-electron chi connectivity index (χ4n) is 3.83. The van der Waals surface area contributed by atoms with Gasteiger partial charge in [0, 0.05) is 23.4 Å². The quantitative estimate of drug-likeness (QED) is 0.352. The smallest absolute Gasteiger partial charge is 0.306 e. The number of nitriles is 1. The van der Waals surface area contributed by atoms with Gasteiger partial charge in [-0.3, -0.25) is 14.2 Å². The summed E-state index contributed by atoms with van der Waals surface area (Å²) in [7, 11) is 0. The number of aryl methyl sites for hydroxylation is 2. The molecule has 0 spiro atoms. The standard InChI is InChI=1S/C28H26N4O4/c1-18-9-11-21(12-10-18)24-16-30-26(36-24)13-14-27(34)35-17-25(33)31-28-23(15-29)19(2)20(3)32(28)22-7-5-4-6-8-22/h4-12,16H,13-14,17H2,1-3H3,(H,31,33). The third-order valence-corrected chi connectivity index (χ3v) is 5.89. The molecule has 0 saturated carbocycles. The maximum absolute atomic E-state index is 12.6. The van der Waals surface area contributed by atoms with Crippen LogP contribution in [0.1, 0.15) is 34.7 Å². The van der Waals surface area contributed by atoms with Gasteiger partial charge in [-0.1, -0.05) is 48.0 Å². The van der Waals surface area contributed by atoms with E-state index in [0.29, 0.717) is 23.0 Å². The molecule has 2 aromatic heterocycles. The molecule has 8 heteroatoms. The summed E-state index contributed by atoms with van der Waals surface area (Å²) in [4.78, 5) is 29.1. The van der Waals surface area contributed by atoms with Crippen molar-refractivity contribution in [3.8, 4) is 23.1 Å². The SMILES string of the molecule is Cc1ccc(-c2cnc(CCC(=O)OCC(=O)Nc3c(C#N)c(C)c(C)n3-c3ccccc3)o2)cc1. The first-order chi connectivity index (χ1) is 17.4. The van der Waals surface area contributed by atoms with E-state index in [4.69, 9.17) is 9.15 Å². The zero-order chi connectivity index (χ0) is 25.7. The van der Waals surface area contributed by atoms with Crippen molar-refractivity contribution in [2.45, 2.75) is 33.6 Å². The number of carbonyl (C=O) groups is 2. The van der Waals surface area contributed by atoms with Crippen molar-refractivity contribution in [1.82, 2.24) is 9.55 Å². The molecule has 0 fully saturated rings. The largest absolute Gasteiger partial charge is 0.456 e. The molecule has 2 heterocycles. The fourth-order valence-corrected chi connectivity index (χ4v) is 3.83. The van der Waals surface area contributed by atoms with E-state index in [9.17, 15) is 14.9 Å². The van der Waals surface area contributed by atoms with Crippen LogP contribution in [0.15, 0.2) is 65.2 Å². The minimum Gasteiger partial charge on any atom is -0.456 e. The number of rotatable bonds is 8. The molecule has 1 N–H and O–H groups in total.